The van der Waals surface area contributed by atoms with E-state index in [0.29, 0.717) is 6.42 Å². The van der Waals surface area contributed by atoms with Crippen LogP contribution in [0.25, 0.3) is 0 Å². The summed E-state index contributed by atoms with van der Waals surface area (Å²) in [7, 11) is -1.01. The van der Waals surface area contributed by atoms with Gasteiger partial charge in [-0.15, -0.1) is 0 Å². The molecule has 9 heteroatoms. The van der Waals surface area contributed by atoms with Crippen LogP contribution >= 0.6 is 0 Å². The van der Waals surface area contributed by atoms with Gasteiger partial charge in [0.25, 0.3) is 0 Å². The predicted octanol–water partition coefficient (Wildman–Crippen LogP) is -0.447. The van der Waals surface area contributed by atoms with E-state index in [1.807, 2.05) is 25.3 Å². The summed E-state index contributed by atoms with van der Waals surface area (Å²) in [5.41, 5.74) is 0.572. The smallest absolute Gasteiger partial charge is 0.394 e. The van der Waals surface area contributed by atoms with Crippen LogP contribution in [0.2, 0.25) is 0 Å². The maximum atomic E-state index is 10.7. The lowest BCUT2D eigenvalue weighted by atomic mass is 9.92. The molecule has 5 N–H and O–H groups in total. The molecule has 0 bridgehead atoms. The van der Waals surface area contributed by atoms with Gasteiger partial charge in [0.05, 0.1) is 5.54 Å². The van der Waals surface area contributed by atoms with E-state index in [1.54, 1.807) is 14.0 Å². The summed E-state index contributed by atoms with van der Waals surface area (Å²) in [6.45, 7) is 1.93. The molecule has 0 aromatic rings. The van der Waals surface area contributed by atoms with Crippen LogP contribution in [0.4, 0.5) is 0 Å². The Morgan fingerprint density at radius 1 is 1.40 bits per heavy atom. The Balaban J connectivity index is 0. The largest absolute Gasteiger partial charge is 0.397 e. The van der Waals surface area contributed by atoms with Gasteiger partial charge in [-0.2, -0.15) is 8.42 Å². The number of hydrogen-bond donors (Lipinski definition) is 5. The zero-order valence-corrected chi connectivity index (χ0v) is 12.5. The van der Waals surface area contributed by atoms with Gasteiger partial charge in [-0.1, -0.05) is 12.2 Å². The van der Waals surface area contributed by atoms with Crippen molar-refractivity contribution in [1.82, 2.24) is 10.6 Å². The van der Waals surface area contributed by atoms with Crippen molar-refractivity contribution in [2.24, 2.45) is 0 Å². The average molecular weight is 310 g/mol. The summed E-state index contributed by atoms with van der Waals surface area (Å²) in [6.07, 6.45) is 7.44. The molecule has 1 aliphatic carbocycles. The molecule has 0 spiro atoms. The van der Waals surface area contributed by atoms with Crippen LogP contribution in [0, 0.1) is 0 Å². The van der Waals surface area contributed by atoms with Crippen molar-refractivity contribution >= 4 is 16.7 Å². The number of rotatable bonds is 3. The Hall–Kier alpha value is -1.26. The Kier molecular flexibility index (Phi) is 11.1. The first-order valence-corrected chi connectivity index (χ1v) is 7.10. The molecule has 1 unspecified atom stereocenters. The molecule has 0 fully saturated rings. The van der Waals surface area contributed by atoms with E-state index >= 15 is 0 Å². The molecule has 20 heavy (non-hydrogen) atoms. The van der Waals surface area contributed by atoms with Crippen molar-refractivity contribution in [3.05, 3.63) is 23.9 Å². The lowest BCUT2D eigenvalue weighted by Gasteiger charge is -2.25. The second kappa shape index (κ2) is 10.5. The number of aldehydes is 1. The van der Waals surface area contributed by atoms with Crippen LogP contribution in [0.15, 0.2) is 23.9 Å². The highest BCUT2D eigenvalue weighted by Crippen LogP contribution is 2.16. The minimum atomic E-state index is -4.67. The second-order valence-corrected chi connectivity index (χ2v) is 4.51. The number of carbonyl (C=O) groups is 1. The number of allylic oxidation sites excluding steroid dienone is 1. The van der Waals surface area contributed by atoms with E-state index < -0.39 is 15.9 Å². The first-order valence-electron chi connectivity index (χ1n) is 5.71. The maximum absolute atomic E-state index is 10.7. The number of aliphatic hydroxyl groups excluding tert-OH is 1. The molecule has 118 valence electrons. The van der Waals surface area contributed by atoms with Crippen molar-refractivity contribution < 1.29 is 27.4 Å². The third-order valence-corrected chi connectivity index (χ3v) is 2.18. The molecular formula is C11H22N2O6S. The maximum Gasteiger partial charge on any atom is 0.394 e. The lowest BCUT2D eigenvalue weighted by Crippen LogP contribution is -2.43. The standard InChI is InChI=1S/C9H14N2O.C2H6O.H2O4S/c1-10-8-3-5-9(7-12,11-2)6-4-8;1-2-3;1-5(2,3)4/h3-5,7,10-11H,6H2,1-2H3;3H,2H2,1H3;(H2,1,2,3,4). The highest BCUT2D eigenvalue weighted by molar-refractivity contribution is 7.79. The highest BCUT2D eigenvalue weighted by atomic mass is 32.3. The summed E-state index contributed by atoms with van der Waals surface area (Å²) >= 11 is 0. The van der Waals surface area contributed by atoms with Crippen LogP contribution in [-0.2, 0) is 15.2 Å². The molecule has 8 nitrogen and oxygen atoms in total. The van der Waals surface area contributed by atoms with Crippen LogP contribution < -0.4 is 10.6 Å². The summed E-state index contributed by atoms with van der Waals surface area (Å²) < 4.78 is 31.6. The van der Waals surface area contributed by atoms with Gasteiger partial charge in [0, 0.05) is 19.4 Å². The van der Waals surface area contributed by atoms with E-state index in [9.17, 15) is 4.79 Å². The Morgan fingerprint density at radius 3 is 2.05 bits per heavy atom. The van der Waals surface area contributed by atoms with E-state index in [-0.39, 0.29) is 6.61 Å². The van der Waals surface area contributed by atoms with Crippen molar-refractivity contribution in [3.8, 4) is 0 Å². The third-order valence-electron chi connectivity index (χ3n) is 2.18. The van der Waals surface area contributed by atoms with Crippen LogP contribution in [0.3, 0.4) is 0 Å². The fraction of sp³-hybridized carbons (Fsp3) is 0.545. The van der Waals surface area contributed by atoms with E-state index in [4.69, 9.17) is 22.6 Å². The molecule has 0 amide bonds. The van der Waals surface area contributed by atoms with Crippen LogP contribution in [0.1, 0.15) is 13.3 Å². The molecule has 1 atom stereocenters. The minimum Gasteiger partial charge on any atom is -0.397 e. The molecule has 0 saturated carbocycles. The number of hydrogen-bond acceptors (Lipinski definition) is 6. The van der Waals surface area contributed by atoms with E-state index in [0.717, 1.165) is 12.0 Å². The van der Waals surface area contributed by atoms with Crippen molar-refractivity contribution in [1.29, 1.82) is 0 Å². The third kappa shape index (κ3) is 11.8. The number of likely N-dealkylation sites (N-methyl/N-ethyl adjacent to an activating group) is 2. The average Bonchev–Trinajstić information content (AvgIpc) is 2.38. The summed E-state index contributed by atoms with van der Waals surface area (Å²) in [4.78, 5) is 10.7. The summed E-state index contributed by atoms with van der Waals surface area (Å²) in [5.74, 6) is 0. The fourth-order valence-corrected chi connectivity index (χ4v) is 1.17. The summed E-state index contributed by atoms with van der Waals surface area (Å²) in [5, 5.41) is 13.6. The van der Waals surface area contributed by atoms with Gasteiger partial charge < -0.3 is 20.5 Å². The monoisotopic (exact) mass is 310 g/mol. The lowest BCUT2D eigenvalue weighted by molar-refractivity contribution is -0.111. The molecule has 0 radical (unpaired) electrons. The second-order valence-electron chi connectivity index (χ2n) is 3.62. The van der Waals surface area contributed by atoms with Gasteiger partial charge in [0.2, 0.25) is 0 Å². The number of nitrogens with one attached hydrogen (secondary N) is 2. The molecule has 0 aliphatic heterocycles. The normalized spacial score (nSPS) is 20.6. The zero-order valence-electron chi connectivity index (χ0n) is 11.7. The first-order chi connectivity index (χ1) is 9.17. The van der Waals surface area contributed by atoms with Gasteiger partial charge in [-0.3, -0.25) is 9.11 Å². The minimum absolute atomic E-state index is 0.250. The first kappa shape index (κ1) is 21.0. The van der Waals surface area contributed by atoms with Crippen LogP contribution in [0.5, 0.6) is 0 Å². The van der Waals surface area contributed by atoms with Crippen molar-refractivity contribution in [2.75, 3.05) is 20.7 Å². The number of carbonyl (C=O) groups excluding carboxylic acids is 1. The van der Waals surface area contributed by atoms with Crippen molar-refractivity contribution in [3.63, 3.8) is 0 Å². The fourth-order valence-electron chi connectivity index (χ4n) is 1.17. The molecule has 0 aromatic carbocycles. The van der Waals surface area contributed by atoms with Gasteiger partial charge >= 0.3 is 10.4 Å². The van der Waals surface area contributed by atoms with Gasteiger partial charge in [0.1, 0.15) is 6.29 Å². The SMILES string of the molecule is CCO.CNC1=CCC(C=O)(NC)C=C1.O=S(=O)(O)O. The highest BCUT2D eigenvalue weighted by Gasteiger charge is 2.24. The summed E-state index contributed by atoms with van der Waals surface area (Å²) in [6, 6.07) is 0. The molecule has 0 heterocycles. The Bertz CT molecular complexity index is 424. The topological polar surface area (TPSA) is 136 Å². The molecule has 1 aliphatic rings. The molecule has 1 rings (SSSR count). The van der Waals surface area contributed by atoms with Gasteiger partial charge in [-0.05, 0) is 26.5 Å². The van der Waals surface area contributed by atoms with E-state index in [2.05, 4.69) is 10.6 Å². The Morgan fingerprint density at radius 2 is 1.85 bits per heavy atom. The molecule has 0 aromatic heterocycles. The van der Waals surface area contributed by atoms with E-state index in [1.165, 1.54) is 0 Å². The quantitative estimate of drug-likeness (QED) is 0.349. The number of aliphatic hydroxyl groups is 1. The van der Waals surface area contributed by atoms with Gasteiger partial charge in [0.15, 0.2) is 0 Å². The van der Waals surface area contributed by atoms with Crippen LogP contribution in [-0.4, -0.2) is 55.2 Å². The van der Waals surface area contributed by atoms with Gasteiger partial charge in [-0.25, -0.2) is 0 Å². The molecule has 0 saturated heterocycles. The Labute approximate surface area is 119 Å². The van der Waals surface area contributed by atoms with Crippen molar-refractivity contribution in [2.45, 2.75) is 18.9 Å². The zero-order chi connectivity index (χ0) is 16.2. The molecular weight excluding hydrogens is 288 g/mol. The predicted molar refractivity (Wildman–Crippen MR) is 75.7 cm³/mol.